The van der Waals surface area contributed by atoms with Gasteiger partial charge in [-0.2, -0.15) is 0 Å². The van der Waals surface area contributed by atoms with Crippen molar-refractivity contribution >= 4 is 5.69 Å². The highest BCUT2D eigenvalue weighted by Crippen LogP contribution is 2.59. The highest BCUT2D eigenvalue weighted by atomic mass is 15.3. The first-order valence-electron chi connectivity index (χ1n) is 9.16. The first kappa shape index (κ1) is 14.5. The average Bonchev–Trinajstić information content (AvgIpc) is 3.00. The predicted octanol–water partition coefficient (Wildman–Crippen LogP) is 2.20. The van der Waals surface area contributed by atoms with Gasteiger partial charge in [-0.3, -0.25) is 0 Å². The molecule has 0 bridgehead atoms. The Balaban J connectivity index is 1.35. The Morgan fingerprint density at radius 2 is 2.00 bits per heavy atom. The lowest BCUT2D eigenvalue weighted by atomic mass is 9.94. The molecule has 2 aliphatic heterocycles. The van der Waals surface area contributed by atoms with Crippen molar-refractivity contribution in [1.29, 1.82) is 0 Å². The first-order chi connectivity index (χ1) is 11.7. The normalized spacial score (nSPS) is 28.8. The Morgan fingerprint density at radius 3 is 2.75 bits per heavy atom. The smallest absolute Gasteiger partial charge is 0.152 e. The number of hydrogen-bond donors (Lipinski definition) is 0. The molecule has 1 aromatic carbocycles. The molecule has 5 nitrogen and oxygen atoms in total. The summed E-state index contributed by atoms with van der Waals surface area (Å²) in [6.07, 6.45) is 1.38. The number of benzene rings is 1. The number of piperidine rings is 1. The lowest BCUT2D eigenvalue weighted by molar-refractivity contribution is 0.314. The van der Waals surface area contributed by atoms with Crippen LogP contribution in [0.3, 0.4) is 0 Å². The minimum atomic E-state index is 0.466. The van der Waals surface area contributed by atoms with Crippen molar-refractivity contribution in [2.75, 3.05) is 31.1 Å². The van der Waals surface area contributed by atoms with Gasteiger partial charge in [-0.15, -0.1) is 10.2 Å². The highest BCUT2D eigenvalue weighted by Gasteiger charge is 2.60. The summed E-state index contributed by atoms with van der Waals surface area (Å²) in [6, 6.07) is 9.37. The fraction of sp³-hybridized carbons (Fsp3) is 0.579. The number of anilines is 1. The van der Waals surface area contributed by atoms with Crippen molar-refractivity contribution in [2.45, 2.75) is 38.8 Å². The molecule has 0 radical (unpaired) electrons. The van der Waals surface area contributed by atoms with E-state index in [1.165, 1.54) is 31.7 Å². The van der Waals surface area contributed by atoms with Crippen LogP contribution >= 0.6 is 0 Å². The van der Waals surface area contributed by atoms with Crippen LogP contribution in [0.4, 0.5) is 5.69 Å². The van der Waals surface area contributed by atoms with Crippen molar-refractivity contribution in [1.82, 2.24) is 19.7 Å². The van der Waals surface area contributed by atoms with Gasteiger partial charge in [0.2, 0.25) is 0 Å². The number of fused-ring (bicyclic) bond motifs is 2. The number of aromatic nitrogens is 3. The lowest BCUT2D eigenvalue weighted by Crippen LogP contribution is -2.34. The Kier molecular flexibility index (Phi) is 3.05. The van der Waals surface area contributed by atoms with E-state index < -0.39 is 0 Å². The Morgan fingerprint density at radius 1 is 1.17 bits per heavy atom. The fourth-order valence-electron chi connectivity index (χ4n) is 4.80. The Bertz CT molecular complexity index is 765. The van der Waals surface area contributed by atoms with Gasteiger partial charge in [0, 0.05) is 37.3 Å². The molecule has 126 valence electrons. The third-order valence-corrected chi connectivity index (χ3v) is 6.41. The van der Waals surface area contributed by atoms with Crippen LogP contribution in [-0.4, -0.2) is 45.8 Å². The van der Waals surface area contributed by atoms with E-state index in [4.69, 9.17) is 0 Å². The van der Waals surface area contributed by atoms with Crippen LogP contribution in [0.1, 0.15) is 30.6 Å². The average molecular weight is 323 g/mol. The van der Waals surface area contributed by atoms with Crippen molar-refractivity contribution in [3.05, 3.63) is 41.5 Å². The second kappa shape index (κ2) is 5.06. The molecule has 5 rings (SSSR count). The number of likely N-dealkylation sites (N-methyl/N-ethyl adjacent to an activating group) is 1. The summed E-state index contributed by atoms with van der Waals surface area (Å²) in [7, 11) is 0. The van der Waals surface area contributed by atoms with E-state index in [9.17, 15) is 0 Å². The van der Waals surface area contributed by atoms with Crippen molar-refractivity contribution < 1.29 is 0 Å². The molecule has 3 aliphatic rings. The lowest BCUT2D eigenvalue weighted by Gasteiger charge is -2.30. The van der Waals surface area contributed by atoms with E-state index in [0.29, 0.717) is 5.41 Å². The first-order valence-corrected chi connectivity index (χ1v) is 9.16. The number of rotatable bonds is 3. The Hall–Kier alpha value is -1.88. The molecular formula is C19H25N5. The molecule has 2 unspecified atom stereocenters. The van der Waals surface area contributed by atoms with Gasteiger partial charge in [-0.25, -0.2) is 0 Å². The number of likely N-dealkylation sites (tertiary alicyclic amines) is 1. The highest BCUT2D eigenvalue weighted by molar-refractivity contribution is 5.51. The summed E-state index contributed by atoms with van der Waals surface area (Å²) in [5.74, 6) is 3.00. The van der Waals surface area contributed by atoms with E-state index in [-0.39, 0.29) is 0 Å². The molecule has 3 heterocycles. The van der Waals surface area contributed by atoms with Crippen LogP contribution in [0, 0.1) is 12.8 Å². The van der Waals surface area contributed by atoms with E-state index in [1.54, 1.807) is 5.56 Å². The molecule has 2 aromatic rings. The zero-order valence-corrected chi connectivity index (χ0v) is 14.6. The molecule has 1 saturated heterocycles. The molecule has 1 aliphatic carbocycles. The summed E-state index contributed by atoms with van der Waals surface area (Å²) in [5.41, 5.74) is 3.32. The van der Waals surface area contributed by atoms with E-state index >= 15 is 0 Å². The zero-order valence-electron chi connectivity index (χ0n) is 14.6. The van der Waals surface area contributed by atoms with Crippen LogP contribution in [0.25, 0.3) is 0 Å². The van der Waals surface area contributed by atoms with Gasteiger partial charge in [0.15, 0.2) is 5.82 Å². The fourth-order valence-corrected chi connectivity index (χ4v) is 4.80. The number of nitrogens with zero attached hydrogens (tertiary/aromatic N) is 5. The largest absolute Gasteiger partial charge is 0.362 e. The van der Waals surface area contributed by atoms with Crippen LogP contribution in [0.5, 0.6) is 0 Å². The summed E-state index contributed by atoms with van der Waals surface area (Å²) in [6.45, 7) is 10.9. The standard InChI is InChI=1S/C19H25N5/c1-3-22-11-16-10-19(16,13-22)15-4-6-17(7-5-15)23-8-9-24-14(2)20-21-18(24)12-23/h4-7,16H,3,8-13H2,1-2H3. The topological polar surface area (TPSA) is 37.2 Å². The minimum absolute atomic E-state index is 0.466. The van der Waals surface area contributed by atoms with Gasteiger partial charge in [0.05, 0.1) is 6.54 Å². The van der Waals surface area contributed by atoms with Gasteiger partial charge in [0.25, 0.3) is 0 Å². The zero-order chi connectivity index (χ0) is 16.3. The SMILES string of the molecule is CCN1CC2CC2(c2ccc(N3CCn4c(C)nnc4C3)cc2)C1. The molecule has 0 amide bonds. The minimum Gasteiger partial charge on any atom is -0.362 e. The van der Waals surface area contributed by atoms with Crippen molar-refractivity contribution in [2.24, 2.45) is 5.92 Å². The van der Waals surface area contributed by atoms with Crippen molar-refractivity contribution in [3.63, 3.8) is 0 Å². The van der Waals surface area contributed by atoms with Crippen LogP contribution in [-0.2, 0) is 18.5 Å². The molecular weight excluding hydrogens is 298 g/mol. The number of aryl methyl sites for hydroxylation is 1. The van der Waals surface area contributed by atoms with Crippen LogP contribution in [0.2, 0.25) is 0 Å². The van der Waals surface area contributed by atoms with Gasteiger partial charge in [0.1, 0.15) is 5.82 Å². The van der Waals surface area contributed by atoms with E-state index in [1.807, 2.05) is 6.92 Å². The van der Waals surface area contributed by atoms with Crippen LogP contribution in [0.15, 0.2) is 24.3 Å². The van der Waals surface area contributed by atoms with Gasteiger partial charge in [-0.05, 0) is 43.5 Å². The maximum atomic E-state index is 4.31. The molecule has 1 saturated carbocycles. The summed E-state index contributed by atoms with van der Waals surface area (Å²) in [4.78, 5) is 5.02. The second-order valence-corrected chi connectivity index (χ2v) is 7.67. The third kappa shape index (κ3) is 2.04. The Labute approximate surface area is 143 Å². The summed E-state index contributed by atoms with van der Waals surface area (Å²) < 4.78 is 2.23. The van der Waals surface area contributed by atoms with Crippen LogP contribution < -0.4 is 4.90 Å². The third-order valence-electron chi connectivity index (χ3n) is 6.41. The molecule has 2 fully saturated rings. The van der Waals surface area contributed by atoms with Gasteiger partial charge >= 0.3 is 0 Å². The van der Waals surface area contributed by atoms with Crippen molar-refractivity contribution in [3.8, 4) is 0 Å². The van der Waals surface area contributed by atoms with E-state index in [0.717, 1.165) is 37.2 Å². The summed E-state index contributed by atoms with van der Waals surface area (Å²) in [5, 5.41) is 8.52. The molecule has 0 N–H and O–H groups in total. The molecule has 1 aromatic heterocycles. The second-order valence-electron chi connectivity index (χ2n) is 7.67. The summed E-state index contributed by atoms with van der Waals surface area (Å²) >= 11 is 0. The maximum absolute atomic E-state index is 4.31. The van der Waals surface area contributed by atoms with Gasteiger partial charge < -0.3 is 14.4 Å². The predicted molar refractivity (Wildman–Crippen MR) is 94.2 cm³/mol. The molecule has 5 heteroatoms. The molecule has 0 spiro atoms. The molecule has 2 atom stereocenters. The van der Waals surface area contributed by atoms with E-state index in [2.05, 4.69) is 55.8 Å². The maximum Gasteiger partial charge on any atom is 0.152 e. The number of hydrogen-bond acceptors (Lipinski definition) is 4. The quantitative estimate of drug-likeness (QED) is 0.868. The van der Waals surface area contributed by atoms with Gasteiger partial charge in [-0.1, -0.05) is 19.1 Å². The molecule has 24 heavy (non-hydrogen) atoms. The monoisotopic (exact) mass is 323 g/mol.